The Labute approximate surface area is 182 Å². The highest BCUT2D eigenvalue weighted by Gasteiger charge is 2.36. The van der Waals surface area contributed by atoms with Gasteiger partial charge in [0.15, 0.2) is 0 Å². The minimum atomic E-state index is 0.307. The van der Waals surface area contributed by atoms with E-state index < -0.39 is 0 Å². The first kappa shape index (κ1) is 19.6. The molecule has 2 atom stereocenters. The number of allylic oxidation sites excluding steroid dienone is 12. The SMILES string of the molecule is CCCC1=CC=C2c3cc(CC(C)(C)C)ccc3C3C=CC(C4=CC=CC4)=C3CC12. The van der Waals surface area contributed by atoms with Crippen LogP contribution in [0.4, 0.5) is 0 Å². The molecule has 0 nitrogen and oxygen atoms in total. The molecule has 5 rings (SSSR count). The summed E-state index contributed by atoms with van der Waals surface area (Å²) in [7, 11) is 0. The van der Waals surface area contributed by atoms with Crippen molar-refractivity contribution in [2.45, 2.75) is 65.7 Å². The summed E-state index contributed by atoms with van der Waals surface area (Å²) < 4.78 is 0. The van der Waals surface area contributed by atoms with Gasteiger partial charge in [0.1, 0.15) is 0 Å². The normalized spacial score (nSPS) is 24.3. The Kier molecular flexibility index (Phi) is 4.85. The molecule has 0 spiro atoms. The van der Waals surface area contributed by atoms with E-state index in [0.29, 0.717) is 17.3 Å². The second-order valence-corrected chi connectivity index (χ2v) is 10.6. The number of fused-ring (bicyclic) bond motifs is 5. The summed E-state index contributed by atoms with van der Waals surface area (Å²) in [5.41, 5.74) is 12.7. The average molecular weight is 395 g/mol. The standard InChI is InChI=1S/C30H34/c1-5-8-21-12-14-26-27(21)18-29-23(22-9-6-7-10-22)15-16-25(29)24-13-11-20(17-28(24)26)19-30(2,3)4/h6-7,9,11-17,25,27H,5,8,10,18-19H2,1-4H3. The first-order valence-corrected chi connectivity index (χ1v) is 11.8. The molecule has 0 fully saturated rings. The van der Waals surface area contributed by atoms with Crippen LogP contribution in [-0.4, -0.2) is 0 Å². The maximum atomic E-state index is 2.52. The van der Waals surface area contributed by atoms with Gasteiger partial charge < -0.3 is 0 Å². The largest absolute Gasteiger partial charge is 0.0801 e. The van der Waals surface area contributed by atoms with Crippen molar-refractivity contribution in [2.75, 3.05) is 0 Å². The molecule has 0 radical (unpaired) electrons. The first-order valence-electron chi connectivity index (χ1n) is 11.8. The molecule has 0 N–H and O–H groups in total. The molecular weight excluding hydrogens is 360 g/mol. The van der Waals surface area contributed by atoms with Crippen molar-refractivity contribution in [1.29, 1.82) is 0 Å². The van der Waals surface area contributed by atoms with E-state index in [1.54, 1.807) is 16.7 Å². The van der Waals surface area contributed by atoms with Crippen molar-refractivity contribution in [1.82, 2.24) is 0 Å². The fraction of sp³-hybridized carbons (Fsp3) is 0.400. The second-order valence-electron chi connectivity index (χ2n) is 10.6. The molecule has 0 saturated carbocycles. The van der Waals surface area contributed by atoms with Crippen LogP contribution in [0.3, 0.4) is 0 Å². The van der Waals surface area contributed by atoms with Gasteiger partial charge in [-0.25, -0.2) is 0 Å². The van der Waals surface area contributed by atoms with Crippen LogP contribution in [0, 0.1) is 11.3 Å². The highest BCUT2D eigenvalue weighted by Crippen LogP contribution is 2.52. The zero-order valence-electron chi connectivity index (χ0n) is 19.0. The quantitative estimate of drug-likeness (QED) is 0.482. The van der Waals surface area contributed by atoms with E-state index in [0.717, 1.165) is 12.8 Å². The molecule has 4 aliphatic rings. The van der Waals surface area contributed by atoms with Crippen LogP contribution in [0.1, 0.15) is 76.0 Å². The lowest BCUT2D eigenvalue weighted by Gasteiger charge is -2.21. The van der Waals surface area contributed by atoms with Crippen molar-refractivity contribution >= 4 is 5.57 Å². The molecule has 0 aromatic heterocycles. The Morgan fingerprint density at radius 3 is 2.67 bits per heavy atom. The van der Waals surface area contributed by atoms with Gasteiger partial charge in [0.2, 0.25) is 0 Å². The molecule has 0 amide bonds. The van der Waals surface area contributed by atoms with E-state index in [9.17, 15) is 0 Å². The lowest BCUT2D eigenvalue weighted by Crippen LogP contribution is -2.10. The molecule has 1 aromatic rings. The van der Waals surface area contributed by atoms with Gasteiger partial charge in [0.05, 0.1) is 0 Å². The van der Waals surface area contributed by atoms with Crippen molar-refractivity contribution in [3.05, 3.63) is 99.7 Å². The Hall–Kier alpha value is -2.34. The van der Waals surface area contributed by atoms with Crippen LogP contribution in [0.5, 0.6) is 0 Å². The topological polar surface area (TPSA) is 0 Å². The Morgan fingerprint density at radius 1 is 1.07 bits per heavy atom. The van der Waals surface area contributed by atoms with E-state index in [1.165, 1.54) is 47.1 Å². The molecular formula is C30H34. The third kappa shape index (κ3) is 3.41. The summed E-state index contributed by atoms with van der Waals surface area (Å²) in [6.45, 7) is 9.33. The molecule has 0 aliphatic heterocycles. The van der Waals surface area contributed by atoms with E-state index in [-0.39, 0.29) is 0 Å². The van der Waals surface area contributed by atoms with Crippen LogP contribution in [-0.2, 0) is 6.42 Å². The predicted molar refractivity (Wildman–Crippen MR) is 129 cm³/mol. The predicted octanol–water partition coefficient (Wildman–Crippen LogP) is 8.25. The molecule has 30 heavy (non-hydrogen) atoms. The maximum Gasteiger partial charge on any atom is 0.0247 e. The second kappa shape index (κ2) is 7.41. The van der Waals surface area contributed by atoms with Crippen LogP contribution in [0.15, 0.2) is 83.0 Å². The van der Waals surface area contributed by atoms with Crippen molar-refractivity contribution in [2.24, 2.45) is 11.3 Å². The lowest BCUT2D eigenvalue weighted by atomic mass is 9.83. The molecule has 4 aliphatic carbocycles. The van der Waals surface area contributed by atoms with Gasteiger partial charge in [-0.15, -0.1) is 0 Å². The van der Waals surface area contributed by atoms with Gasteiger partial charge in [-0.1, -0.05) is 106 Å². The number of hydrogen-bond donors (Lipinski definition) is 0. The molecule has 0 heterocycles. The van der Waals surface area contributed by atoms with Gasteiger partial charge in [-0.2, -0.15) is 0 Å². The van der Waals surface area contributed by atoms with Gasteiger partial charge in [0.25, 0.3) is 0 Å². The van der Waals surface area contributed by atoms with Crippen LogP contribution < -0.4 is 0 Å². The zero-order chi connectivity index (χ0) is 20.9. The fourth-order valence-corrected chi connectivity index (χ4v) is 5.83. The smallest absolute Gasteiger partial charge is 0.0247 e. The monoisotopic (exact) mass is 394 g/mol. The van der Waals surface area contributed by atoms with E-state index in [4.69, 9.17) is 0 Å². The van der Waals surface area contributed by atoms with Gasteiger partial charge in [-0.3, -0.25) is 0 Å². The Morgan fingerprint density at radius 2 is 1.93 bits per heavy atom. The lowest BCUT2D eigenvalue weighted by molar-refractivity contribution is 0.411. The van der Waals surface area contributed by atoms with Gasteiger partial charge in [-0.05, 0) is 64.5 Å². The summed E-state index contributed by atoms with van der Waals surface area (Å²) in [4.78, 5) is 0. The fourth-order valence-electron chi connectivity index (χ4n) is 5.83. The van der Waals surface area contributed by atoms with Crippen LogP contribution in [0.25, 0.3) is 5.57 Å². The zero-order valence-corrected chi connectivity index (χ0v) is 19.0. The summed E-state index contributed by atoms with van der Waals surface area (Å²) >= 11 is 0. The Bertz CT molecular complexity index is 1060. The highest BCUT2D eigenvalue weighted by molar-refractivity contribution is 5.80. The third-order valence-electron chi connectivity index (χ3n) is 7.05. The van der Waals surface area contributed by atoms with Crippen LogP contribution >= 0.6 is 0 Å². The molecule has 0 heteroatoms. The van der Waals surface area contributed by atoms with Gasteiger partial charge >= 0.3 is 0 Å². The van der Waals surface area contributed by atoms with E-state index >= 15 is 0 Å². The third-order valence-corrected chi connectivity index (χ3v) is 7.05. The molecule has 1 aromatic carbocycles. The summed E-state index contributed by atoms with van der Waals surface area (Å²) in [5, 5.41) is 0. The van der Waals surface area contributed by atoms with Crippen LogP contribution in [0.2, 0.25) is 0 Å². The molecule has 0 saturated heterocycles. The summed E-state index contributed by atoms with van der Waals surface area (Å²) in [5.74, 6) is 0.994. The van der Waals surface area contributed by atoms with Crippen molar-refractivity contribution in [3.63, 3.8) is 0 Å². The number of rotatable bonds is 4. The number of hydrogen-bond acceptors (Lipinski definition) is 0. The number of benzene rings is 1. The first-order chi connectivity index (χ1) is 14.4. The summed E-state index contributed by atoms with van der Waals surface area (Å²) in [6, 6.07) is 7.35. The van der Waals surface area contributed by atoms with Crippen molar-refractivity contribution < 1.29 is 0 Å². The Balaban J connectivity index is 1.63. The molecule has 154 valence electrons. The van der Waals surface area contributed by atoms with E-state index in [1.807, 2.05) is 0 Å². The minimum Gasteiger partial charge on any atom is -0.0801 e. The van der Waals surface area contributed by atoms with E-state index in [2.05, 4.69) is 88.4 Å². The minimum absolute atomic E-state index is 0.307. The van der Waals surface area contributed by atoms with Gasteiger partial charge in [0, 0.05) is 11.8 Å². The summed E-state index contributed by atoms with van der Waals surface area (Å²) in [6.07, 6.45) is 22.4. The van der Waals surface area contributed by atoms with Crippen molar-refractivity contribution in [3.8, 4) is 0 Å². The molecule has 2 unspecified atom stereocenters. The highest BCUT2D eigenvalue weighted by atomic mass is 14.4. The molecule has 0 bridgehead atoms. The average Bonchev–Trinajstić information content (AvgIpc) is 3.41. The maximum absolute atomic E-state index is 2.52.